The van der Waals surface area contributed by atoms with Crippen LogP contribution in [0.2, 0.25) is 0 Å². The smallest absolute Gasteiger partial charge is 0.192 e. The third-order valence-corrected chi connectivity index (χ3v) is 7.11. The van der Waals surface area contributed by atoms with Gasteiger partial charge in [-0.25, -0.2) is 0 Å². The molecule has 0 aliphatic carbocycles. The highest BCUT2D eigenvalue weighted by molar-refractivity contribution is 7.99. The summed E-state index contributed by atoms with van der Waals surface area (Å²) in [7, 11) is 1.99. The van der Waals surface area contributed by atoms with E-state index in [0.29, 0.717) is 5.75 Å². The summed E-state index contributed by atoms with van der Waals surface area (Å²) in [6.45, 7) is 5.54. The van der Waals surface area contributed by atoms with Crippen molar-refractivity contribution in [2.75, 3.05) is 12.4 Å². The van der Waals surface area contributed by atoms with Crippen molar-refractivity contribution >= 4 is 28.9 Å². The lowest BCUT2D eigenvalue weighted by atomic mass is 10.2. The third kappa shape index (κ3) is 3.81. The molecule has 1 aliphatic rings. The third-order valence-electron chi connectivity index (χ3n) is 5.28. The minimum absolute atomic E-state index is 0.121. The van der Waals surface area contributed by atoms with E-state index >= 15 is 0 Å². The minimum atomic E-state index is 0.121. The Bertz CT molecular complexity index is 969. The summed E-state index contributed by atoms with van der Waals surface area (Å²) in [6.07, 6.45) is 2.33. The Labute approximate surface area is 172 Å². The Morgan fingerprint density at radius 2 is 2.25 bits per heavy atom. The van der Waals surface area contributed by atoms with Crippen LogP contribution in [-0.4, -0.2) is 43.6 Å². The van der Waals surface area contributed by atoms with E-state index < -0.39 is 0 Å². The van der Waals surface area contributed by atoms with Gasteiger partial charge in [0, 0.05) is 30.6 Å². The standard InChI is InChI=1S/C20H24N4O2S2/c1-13-10-16(14(2)23(13)3)17(25)12-28-20-22-21-19(18-7-5-9-27-18)24(20)11-15-6-4-8-26-15/h5,7,9-10,15H,4,6,8,11-12H2,1-3H3. The highest BCUT2D eigenvalue weighted by Gasteiger charge is 2.23. The molecule has 0 N–H and O–H groups in total. The second-order valence-corrected chi connectivity index (χ2v) is 8.97. The molecule has 3 aromatic rings. The maximum atomic E-state index is 12.8. The number of thioether (sulfide) groups is 1. The number of hydrogen-bond donors (Lipinski definition) is 0. The molecule has 0 aromatic carbocycles. The van der Waals surface area contributed by atoms with E-state index in [-0.39, 0.29) is 11.9 Å². The van der Waals surface area contributed by atoms with E-state index in [0.717, 1.165) is 58.8 Å². The summed E-state index contributed by atoms with van der Waals surface area (Å²) in [5.41, 5.74) is 2.88. The van der Waals surface area contributed by atoms with Crippen LogP contribution in [0.1, 0.15) is 34.6 Å². The zero-order valence-corrected chi connectivity index (χ0v) is 18.0. The average Bonchev–Trinajstić information content (AvgIpc) is 3.47. The fourth-order valence-electron chi connectivity index (χ4n) is 3.49. The molecule has 1 saturated heterocycles. The van der Waals surface area contributed by atoms with Gasteiger partial charge in [0.25, 0.3) is 0 Å². The molecular formula is C20H24N4O2S2. The van der Waals surface area contributed by atoms with Crippen molar-refractivity contribution in [1.29, 1.82) is 0 Å². The molecule has 148 valence electrons. The first-order valence-corrected chi connectivity index (χ1v) is 11.3. The van der Waals surface area contributed by atoms with Gasteiger partial charge >= 0.3 is 0 Å². The first-order valence-electron chi connectivity index (χ1n) is 9.42. The van der Waals surface area contributed by atoms with Crippen molar-refractivity contribution in [3.05, 3.63) is 40.5 Å². The molecule has 0 spiro atoms. The van der Waals surface area contributed by atoms with Gasteiger partial charge in [-0.3, -0.25) is 9.36 Å². The molecule has 0 radical (unpaired) electrons. The van der Waals surface area contributed by atoms with Gasteiger partial charge in [-0.1, -0.05) is 17.8 Å². The van der Waals surface area contributed by atoms with Gasteiger partial charge in [0.2, 0.25) is 0 Å². The van der Waals surface area contributed by atoms with E-state index in [2.05, 4.69) is 20.8 Å². The van der Waals surface area contributed by atoms with Crippen LogP contribution in [0.4, 0.5) is 0 Å². The molecule has 8 heteroatoms. The first-order chi connectivity index (χ1) is 13.5. The molecule has 0 bridgehead atoms. The molecule has 28 heavy (non-hydrogen) atoms. The van der Waals surface area contributed by atoms with Crippen LogP contribution in [0.25, 0.3) is 10.7 Å². The van der Waals surface area contributed by atoms with Crippen molar-refractivity contribution in [3.63, 3.8) is 0 Å². The maximum Gasteiger partial charge on any atom is 0.192 e. The second kappa shape index (κ2) is 8.23. The predicted molar refractivity (Wildman–Crippen MR) is 112 cm³/mol. The molecular weight excluding hydrogens is 392 g/mol. The number of thiophene rings is 1. The van der Waals surface area contributed by atoms with Gasteiger partial charge in [-0.2, -0.15) is 0 Å². The molecule has 0 amide bonds. The normalized spacial score (nSPS) is 16.8. The van der Waals surface area contributed by atoms with E-state index in [1.807, 2.05) is 43.0 Å². The van der Waals surface area contributed by atoms with Gasteiger partial charge in [0.15, 0.2) is 16.8 Å². The topological polar surface area (TPSA) is 61.9 Å². The van der Waals surface area contributed by atoms with Crippen molar-refractivity contribution in [2.45, 2.75) is 44.5 Å². The van der Waals surface area contributed by atoms with E-state index in [1.165, 1.54) is 11.8 Å². The Morgan fingerprint density at radius 1 is 1.39 bits per heavy atom. The summed E-state index contributed by atoms with van der Waals surface area (Å²) in [5, 5.41) is 11.6. The SMILES string of the molecule is Cc1cc(C(=O)CSc2nnc(-c3cccs3)n2CC2CCCO2)c(C)n1C. The lowest BCUT2D eigenvalue weighted by Crippen LogP contribution is -2.17. The van der Waals surface area contributed by atoms with Gasteiger partial charge in [-0.05, 0) is 44.2 Å². The number of hydrogen-bond acceptors (Lipinski definition) is 6. The number of ether oxygens (including phenoxy) is 1. The van der Waals surface area contributed by atoms with Gasteiger partial charge in [0.1, 0.15) is 0 Å². The van der Waals surface area contributed by atoms with Crippen LogP contribution in [0.5, 0.6) is 0 Å². The summed E-state index contributed by atoms with van der Waals surface area (Å²) in [5.74, 6) is 1.32. The quantitative estimate of drug-likeness (QED) is 0.428. The summed E-state index contributed by atoms with van der Waals surface area (Å²) in [4.78, 5) is 13.9. The number of rotatable bonds is 7. The molecule has 1 unspecified atom stereocenters. The van der Waals surface area contributed by atoms with Gasteiger partial charge in [-0.15, -0.1) is 21.5 Å². The number of aryl methyl sites for hydroxylation is 1. The zero-order chi connectivity index (χ0) is 19.7. The van der Waals surface area contributed by atoms with Crippen LogP contribution in [0, 0.1) is 13.8 Å². The average molecular weight is 417 g/mol. The molecule has 6 nitrogen and oxygen atoms in total. The Kier molecular flexibility index (Phi) is 5.70. The van der Waals surface area contributed by atoms with Crippen LogP contribution < -0.4 is 0 Å². The summed E-state index contributed by atoms with van der Waals surface area (Å²) >= 11 is 3.10. The monoisotopic (exact) mass is 416 g/mol. The highest BCUT2D eigenvalue weighted by Crippen LogP contribution is 2.29. The first kappa shape index (κ1) is 19.4. The largest absolute Gasteiger partial charge is 0.376 e. The predicted octanol–water partition coefficient (Wildman–Crippen LogP) is 4.12. The number of nitrogens with zero attached hydrogens (tertiary/aromatic N) is 4. The van der Waals surface area contributed by atoms with E-state index in [1.54, 1.807) is 11.3 Å². The molecule has 4 heterocycles. The van der Waals surface area contributed by atoms with E-state index in [4.69, 9.17) is 4.74 Å². The molecule has 4 rings (SSSR count). The zero-order valence-electron chi connectivity index (χ0n) is 16.3. The molecule has 1 aliphatic heterocycles. The lowest BCUT2D eigenvalue weighted by molar-refractivity contribution is 0.0953. The molecule has 1 atom stereocenters. The number of carbonyl (C=O) groups excluding carboxylic acids is 1. The van der Waals surface area contributed by atoms with Crippen molar-refractivity contribution < 1.29 is 9.53 Å². The fourth-order valence-corrected chi connectivity index (χ4v) is 5.03. The van der Waals surface area contributed by atoms with Crippen LogP contribution in [0.3, 0.4) is 0 Å². The Hall–Kier alpha value is -1.90. The maximum absolute atomic E-state index is 12.8. The van der Waals surface area contributed by atoms with Gasteiger partial charge in [0.05, 0.1) is 23.3 Å². The van der Waals surface area contributed by atoms with Crippen molar-refractivity contribution in [2.24, 2.45) is 7.05 Å². The second-order valence-electron chi connectivity index (χ2n) is 7.08. The summed E-state index contributed by atoms with van der Waals surface area (Å²) in [6, 6.07) is 6.03. The van der Waals surface area contributed by atoms with Crippen LogP contribution in [-0.2, 0) is 18.3 Å². The number of Topliss-reactive ketones (excluding diaryl/α,β-unsaturated/α-hetero) is 1. The molecule has 1 fully saturated rings. The minimum Gasteiger partial charge on any atom is -0.376 e. The van der Waals surface area contributed by atoms with Crippen LogP contribution >= 0.6 is 23.1 Å². The molecule has 3 aromatic heterocycles. The van der Waals surface area contributed by atoms with Crippen LogP contribution in [0.15, 0.2) is 28.7 Å². The molecule has 0 saturated carbocycles. The number of carbonyl (C=O) groups is 1. The van der Waals surface area contributed by atoms with E-state index in [9.17, 15) is 4.79 Å². The summed E-state index contributed by atoms with van der Waals surface area (Å²) < 4.78 is 9.99. The fraction of sp³-hybridized carbons (Fsp3) is 0.450. The lowest BCUT2D eigenvalue weighted by Gasteiger charge is -2.14. The highest BCUT2D eigenvalue weighted by atomic mass is 32.2. The van der Waals surface area contributed by atoms with Crippen molar-refractivity contribution in [3.8, 4) is 10.7 Å². The van der Waals surface area contributed by atoms with Crippen molar-refractivity contribution in [1.82, 2.24) is 19.3 Å². The Morgan fingerprint density at radius 3 is 2.89 bits per heavy atom. The Balaban J connectivity index is 1.55. The number of aromatic nitrogens is 4. The van der Waals surface area contributed by atoms with Gasteiger partial charge < -0.3 is 9.30 Å². The number of ketones is 1.